The van der Waals surface area contributed by atoms with Crippen molar-refractivity contribution >= 4 is 15.9 Å². The van der Waals surface area contributed by atoms with Crippen LogP contribution in [0.15, 0.2) is 12.3 Å². The molecular formula is C4H5BrN2. The van der Waals surface area contributed by atoms with Crippen LogP contribution in [-0.4, -0.2) is 10.2 Å². The first-order valence-electron chi connectivity index (χ1n) is 1.97. The van der Waals surface area contributed by atoms with Crippen molar-refractivity contribution in [3.05, 3.63) is 18.0 Å². The average molecular weight is 161 g/mol. The van der Waals surface area contributed by atoms with Gasteiger partial charge in [-0.1, -0.05) is 15.9 Å². The van der Waals surface area contributed by atoms with Crippen molar-refractivity contribution < 1.29 is 0 Å². The Morgan fingerprint density at radius 1 is 1.86 bits per heavy atom. The number of alkyl halides is 1. The Morgan fingerprint density at radius 2 is 2.71 bits per heavy atom. The zero-order valence-corrected chi connectivity index (χ0v) is 5.27. The number of nitrogens with one attached hydrogen (secondary N) is 1. The first-order valence-corrected chi connectivity index (χ1v) is 3.10. The molecule has 1 aromatic rings. The highest BCUT2D eigenvalue weighted by molar-refractivity contribution is 9.08. The molecule has 0 radical (unpaired) electrons. The number of aromatic nitrogens is 2. The second-order valence-electron chi connectivity index (χ2n) is 1.22. The summed E-state index contributed by atoms with van der Waals surface area (Å²) in [5.74, 6) is 0. The van der Waals surface area contributed by atoms with Gasteiger partial charge in [0.05, 0.1) is 0 Å². The lowest BCUT2D eigenvalue weighted by Gasteiger charge is -1.77. The Labute approximate surface area is 50.1 Å². The van der Waals surface area contributed by atoms with E-state index >= 15 is 0 Å². The van der Waals surface area contributed by atoms with Gasteiger partial charge in [0.15, 0.2) is 0 Å². The van der Waals surface area contributed by atoms with Crippen molar-refractivity contribution in [2.45, 2.75) is 5.33 Å². The molecule has 0 aliphatic rings. The summed E-state index contributed by atoms with van der Waals surface area (Å²) in [5.41, 5.74) is 1.11. The molecule has 38 valence electrons. The van der Waals surface area contributed by atoms with Gasteiger partial charge < -0.3 is 0 Å². The summed E-state index contributed by atoms with van der Waals surface area (Å²) in [7, 11) is 0. The third kappa shape index (κ3) is 1.03. The number of hydrogen-bond acceptors (Lipinski definition) is 1. The Bertz CT molecular complexity index is 124. The van der Waals surface area contributed by atoms with Gasteiger partial charge in [-0.15, -0.1) is 0 Å². The number of aromatic amines is 1. The van der Waals surface area contributed by atoms with Gasteiger partial charge in [-0.05, 0) is 6.07 Å². The Balaban J connectivity index is 2.76. The van der Waals surface area contributed by atoms with Gasteiger partial charge >= 0.3 is 0 Å². The van der Waals surface area contributed by atoms with E-state index in [1.165, 1.54) is 0 Å². The highest BCUT2D eigenvalue weighted by Gasteiger charge is 1.83. The van der Waals surface area contributed by atoms with Crippen LogP contribution in [0.25, 0.3) is 0 Å². The first-order chi connectivity index (χ1) is 3.43. The van der Waals surface area contributed by atoms with Crippen molar-refractivity contribution in [3.63, 3.8) is 0 Å². The molecule has 3 heteroatoms. The van der Waals surface area contributed by atoms with Crippen molar-refractivity contribution in [1.29, 1.82) is 0 Å². The third-order valence-corrected chi connectivity index (χ3v) is 1.31. The minimum Gasteiger partial charge on any atom is -0.282 e. The van der Waals surface area contributed by atoms with E-state index in [1.807, 2.05) is 6.07 Å². The first kappa shape index (κ1) is 4.84. The molecule has 0 saturated heterocycles. The minimum atomic E-state index is 0.854. The summed E-state index contributed by atoms with van der Waals surface area (Å²) in [5, 5.41) is 7.38. The number of hydrogen-bond donors (Lipinski definition) is 1. The highest BCUT2D eigenvalue weighted by Crippen LogP contribution is 1.96. The van der Waals surface area contributed by atoms with Crippen LogP contribution in [0.2, 0.25) is 0 Å². The van der Waals surface area contributed by atoms with Crippen LogP contribution in [0.1, 0.15) is 5.69 Å². The van der Waals surface area contributed by atoms with E-state index in [0.717, 1.165) is 11.0 Å². The molecule has 0 aromatic carbocycles. The fraction of sp³-hybridized carbons (Fsp3) is 0.250. The third-order valence-electron chi connectivity index (χ3n) is 0.702. The molecule has 0 unspecified atom stereocenters. The lowest BCUT2D eigenvalue weighted by molar-refractivity contribution is 1.04. The maximum atomic E-state index is 3.74. The number of rotatable bonds is 1. The molecule has 7 heavy (non-hydrogen) atoms. The van der Waals surface area contributed by atoms with Crippen molar-refractivity contribution in [3.8, 4) is 0 Å². The lowest BCUT2D eigenvalue weighted by atomic mass is 10.5. The SMILES string of the molecule is BrCc1ccn[nH]1. The molecule has 2 nitrogen and oxygen atoms in total. The van der Waals surface area contributed by atoms with E-state index in [1.54, 1.807) is 6.20 Å². The van der Waals surface area contributed by atoms with Gasteiger partial charge in [0.2, 0.25) is 0 Å². The molecule has 0 fully saturated rings. The van der Waals surface area contributed by atoms with Crippen LogP contribution < -0.4 is 0 Å². The van der Waals surface area contributed by atoms with Gasteiger partial charge in [0, 0.05) is 17.2 Å². The second-order valence-corrected chi connectivity index (χ2v) is 1.78. The highest BCUT2D eigenvalue weighted by atomic mass is 79.9. The molecule has 1 heterocycles. The largest absolute Gasteiger partial charge is 0.282 e. The van der Waals surface area contributed by atoms with E-state index in [9.17, 15) is 0 Å². The van der Waals surface area contributed by atoms with Gasteiger partial charge in [0.25, 0.3) is 0 Å². The molecule has 0 atom stereocenters. The maximum Gasteiger partial charge on any atom is 0.0490 e. The summed E-state index contributed by atoms with van der Waals surface area (Å²) in [6.07, 6.45) is 1.73. The van der Waals surface area contributed by atoms with Gasteiger partial charge in [-0.25, -0.2) is 0 Å². The summed E-state index contributed by atoms with van der Waals surface area (Å²) in [4.78, 5) is 0. The van der Waals surface area contributed by atoms with Crippen LogP contribution in [0.3, 0.4) is 0 Å². The molecule has 1 rings (SSSR count). The smallest absolute Gasteiger partial charge is 0.0490 e. The van der Waals surface area contributed by atoms with Gasteiger partial charge in [-0.2, -0.15) is 5.10 Å². The predicted octanol–water partition coefficient (Wildman–Crippen LogP) is 1.30. The van der Waals surface area contributed by atoms with Crippen molar-refractivity contribution in [2.24, 2.45) is 0 Å². The predicted molar refractivity (Wildman–Crippen MR) is 31.2 cm³/mol. The van der Waals surface area contributed by atoms with Crippen LogP contribution in [0.4, 0.5) is 0 Å². The van der Waals surface area contributed by atoms with Crippen molar-refractivity contribution in [2.75, 3.05) is 0 Å². The molecule has 1 N–H and O–H groups in total. The Kier molecular flexibility index (Phi) is 1.46. The standard InChI is InChI=1S/C4H5BrN2/c5-3-4-1-2-6-7-4/h1-2H,3H2,(H,6,7). The zero-order valence-electron chi connectivity index (χ0n) is 3.69. The second kappa shape index (κ2) is 2.12. The number of H-pyrrole nitrogens is 1. The average Bonchev–Trinajstić information content (AvgIpc) is 2.14. The van der Waals surface area contributed by atoms with Gasteiger partial charge in [-0.3, -0.25) is 5.10 Å². The zero-order chi connectivity index (χ0) is 5.11. The normalized spacial score (nSPS) is 9.29. The summed E-state index contributed by atoms with van der Waals surface area (Å²) in [6, 6.07) is 1.93. The van der Waals surface area contributed by atoms with E-state index in [4.69, 9.17) is 0 Å². The minimum absolute atomic E-state index is 0.854. The number of halogens is 1. The van der Waals surface area contributed by atoms with E-state index in [0.29, 0.717) is 0 Å². The van der Waals surface area contributed by atoms with Gasteiger partial charge in [0.1, 0.15) is 0 Å². The molecule has 0 spiro atoms. The maximum absolute atomic E-state index is 3.74. The number of nitrogens with zero attached hydrogens (tertiary/aromatic N) is 1. The van der Waals surface area contributed by atoms with Crippen LogP contribution in [-0.2, 0) is 5.33 Å². The fourth-order valence-electron chi connectivity index (χ4n) is 0.359. The quantitative estimate of drug-likeness (QED) is 0.618. The molecule has 0 aliphatic carbocycles. The van der Waals surface area contributed by atoms with E-state index in [2.05, 4.69) is 26.1 Å². The molecule has 1 aromatic heterocycles. The summed E-state index contributed by atoms with van der Waals surface area (Å²) in [6.45, 7) is 0. The summed E-state index contributed by atoms with van der Waals surface area (Å²) >= 11 is 3.27. The molecule has 0 bridgehead atoms. The Morgan fingerprint density at radius 3 is 3.00 bits per heavy atom. The summed E-state index contributed by atoms with van der Waals surface area (Å²) < 4.78 is 0. The molecule has 0 aliphatic heterocycles. The van der Waals surface area contributed by atoms with Crippen LogP contribution in [0.5, 0.6) is 0 Å². The fourth-order valence-corrected chi connectivity index (χ4v) is 0.671. The topological polar surface area (TPSA) is 28.7 Å². The van der Waals surface area contributed by atoms with Crippen LogP contribution in [0, 0.1) is 0 Å². The monoisotopic (exact) mass is 160 g/mol. The molecule has 0 saturated carbocycles. The van der Waals surface area contributed by atoms with Crippen LogP contribution >= 0.6 is 15.9 Å². The van der Waals surface area contributed by atoms with E-state index in [-0.39, 0.29) is 0 Å². The molecule has 0 amide bonds. The lowest BCUT2D eigenvalue weighted by Crippen LogP contribution is -1.72. The van der Waals surface area contributed by atoms with Crippen molar-refractivity contribution in [1.82, 2.24) is 10.2 Å². The molecular weight excluding hydrogens is 156 g/mol. The van der Waals surface area contributed by atoms with E-state index < -0.39 is 0 Å². The Hall–Kier alpha value is -0.310.